The molecule has 33 heavy (non-hydrogen) atoms. The minimum Gasteiger partial charge on any atom is -0.492 e. The van der Waals surface area contributed by atoms with Crippen molar-refractivity contribution in [1.29, 1.82) is 0 Å². The van der Waals surface area contributed by atoms with Crippen molar-refractivity contribution in [2.45, 2.75) is 38.8 Å². The van der Waals surface area contributed by atoms with Crippen molar-refractivity contribution in [1.82, 2.24) is 5.32 Å². The SMILES string of the molecule is CCOc1cc2c(cc1NC(=O)CC(NC(=O)c1ccccc1)c1ccccc1)OC(C)C2. The summed E-state index contributed by atoms with van der Waals surface area (Å²) in [5.74, 6) is 0.918. The maximum absolute atomic E-state index is 13.1. The van der Waals surface area contributed by atoms with Crippen LogP contribution in [0.15, 0.2) is 72.8 Å². The van der Waals surface area contributed by atoms with E-state index < -0.39 is 6.04 Å². The molecule has 0 bridgehead atoms. The van der Waals surface area contributed by atoms with Gasteiger partial charge in [-0.2, -0.15) is 0 Å². The Morgan fingerprint density at radius 2 is 1.76 bits per heavy atom. The molecule has 2 unspecified atom stereocenters. The first-order valence-electron chi connectivity index (χ1n) is 11.2. The molecule has 2 N–H and O–H groups in total. The molecule has 1 aliphatic rings. The number of nitrogens with one attached hydrogen (secondary N) is 2. The van der Waals surface area contributed by atoms with Crippen molar-refractivity contribution >= 4 is 17.5 Å². The molecule has 0 radical (unpaired) electrons. The first kappa shape index (κ1) is 22.4. The second kappa shape index (κ2) is 10.2. The monoisotopic (exact) mass is 444 g/mol. The molecule has 6 heteroatoms. The zero-order valence-corrected chi connectivity index (χ0v) is 18.8. The summed E-state index contributed by atoms with van der Waals surface area (Å²) in [6.45, 7) is 4.40. The Labute approximate surface area is 193 Å². The summed E-state index contributed by atoms with van der Waals surface area (Å²) < 4.78 is 11.6. The highest BCUT2D eigenvalue weighted by Gasteiger charge is 2.24. The molecule has 3 aromatic rings. The van der Waals surface area contributed by atoms with Crippen LogP contribution >= 0.6 is 0 Å². The summed E-state index contributed by atoms with van der Waals surface area (Å²) in [6.07, 6.45) is 0.976. The van der Waals surface area contributed by atoms with Crippen LogP contribution in [0.2, 0.25) is 0 Å². The molecule has 0 aliphatic carbocycles. The third kappa shape index (κ3) is 5.52. The van der Waals surface area contributed by atoms with Crippen LogP contribution in [0.3, 0.4) is 0 Å². The third-order valence-corrected chi connectivity index (χ3v) is 5.50. The second-order valence-corrected chi connectivity index (χ2v) is 8.08. The minimum atomic E-state index is -0.486. The maximum atomic E-state index is 13.1. The highest BCUT2D eigenvalue weighted by molar-refractivity contribution is 5.96. The van der Waals surface area contributed by atoms with Crippen molar-refractivity contribution in [3.63, 3.8) is 0 Å². The molecular formula is C27H28N2O4. The number of amides is 2. The van der Waals surface area contributed by atoms with E-state index in [-0.39, 0.29) is 24.3 Å². The van der Waals surface area contributed by atoms with E-state index in [2.05, 4.69) is 10.6 Å². The van der Waals surface area contributed by atoms with Gasteiger partial charge >= 0.3 is 0 Å². The largest absolute Gasteiger partial charge is 0.492 e. The number of ether oxygens (including phenoxy) is 2. The third-order valence-electron chi connectivity index (χ3n) is 5.50. The summed E-state index contributed by atoms with van der Waals surface area (Å²) in [5.41, 5.74) is 3.03. The van der Waals surface area contributed by atoms with Gasteiger partial charge in [0.25, 0.3) is 5.91 Å². The Bertz CT molecular complexity index is 1120. The molecule has 0 saturated heterocycles. The Hall–Kier alpha value is -3.80. The lowest BCUT2D eigenvalue weighted by atomic mass is 10.0. The van der Waals surface area contributed by atoms with Crippen LogP contribution in [-0.2, 0) is 11.2 Å². The summed E-state index contributed by atoms with van der Waals surface area (Å²) in [4.78, 5) is 25.9. The maximum Gasteiger partial charge on any atom is 0.251 e. The standard InChI is InChI=1S/C27H28N2O4/c1-3-32-25-15-21-14-18(2)33-24(21)16-23(25)28-26(30)17-22(19-10-6-4-7-11-19)29-27(31)20-12-8-5-9-13-20/h4-13,15-16,18,22H,3,14,17H2,1-2H3,(H,28,30)(H,29,31). The molecule has 170 valence electrons. The fraction of sp³-hybridized carbons (Fsp3) is 0.259. The quantitative estimate of drug-likeness (QED) is 0.518. The molecule has 3 aromatic carbocycles. The molecular weight excluding hydrogens is 416 g/mol. The number of carbonyl (C=O) groups excluding carboxylic acids is 2. The summed E-state index contributed by atoms with van der Waals surface area (Å²) in [6, 6.07) is 21.7. The topological polar surface area (TPSA) is 76.7 Å². The van der Waals surface area contributed by atoms with Crippen molar-refractivity contribution < 1.29 is 19.1 Å². The molecule has 1 heterocycles. The molecule has 4 rings (SSSR count). The first-order valence-corrected chi connectivity index (χ1v) is 11.2. The molecule has 1 aliphatic heterocycles. The Kier molecular flexibility index (Phi) is 6.93. The lowest BCUT2D eigenvalue weighted by molar-refractivity contribution is -0.116. The molecule has 0 fully saturated rings. The first-order chi connectivity index (χ1) is 16.0. The zero-order chi connectivity index (χ0) is 23.2. The number of fused-ring (bicyclic) bond motifs is 1. The lowest BCUT2D eigenvalue weighted by Crippen LogP contribution is -2.31. The highest BCUT2D eigenvalue weighted by Crippen LogP contribution is 2.38. The smallest absolute Gasteiger partial charge is 0.251 e. The number of hydrogen-bond donors (Lipinski definition) is 2. The predicted molar refractivity (Wildman–Crippen MR) is 128 cm³/mol. The predicted octanol–water partition coefficient (Wildman–Crippen LogP) is 4.91. The van der Waals surface area contributed by atoms with Gasteiger partial charge in [-0.15, -0.1) is 0 Å². The summed E-state index contributed by atoms with van der Waals surface area (Å²) in [7, 11) is 0. The van der Waals surface area contributed by atoms with E-state index in [1.807, 2.05) is 74.5 Å². The lowest BCUT2D eigenvalue weighted by Gasteiger charge is -2.20. The fourth-order valence-electron chi connectivity index (χ4n) is 3.97. The highest BCUT2D eigenvalue weighted by atomic mass is 16.5. The van der Waals surface area contributed by atoms with Gasteiger partial charge in [-0.1, -0.05) is 48.5 Å². The van der Waals surface area contributed by atoms with E-state index in [1.165, 1.54) is 0 Å². The number of benzene rings is 3. The second-order valence-electron chi connectivity index (χ2n) is 8.08. The van der Waals surface area contributed by atoms with Gasteiger partial charge in [0.1, 0.15) is 17.6 Å². The number of anilines is 1. The van der Waals surface area contributed by atoms with Gasteiger partial charge in [-0.25, -0.2) is 0 Å². The Balaban J connectivity index is 1.53. The molecule has 2 atom stereocenters. The van der Waals surface area contributed by atoms with Gasteiger partial charge in [-0.05, 0) is 37.6 Å². The van der Waals surface area contributed by atoms with Crippen LogP contribution < -0.4 is 20.1 Å². The van der Waals surface area contributed by atoms with Crippen molar-refractivity contribution in [2.75, 3.05) is 11.9 Å². The molecule has 0 aromatic heterocycles. The number of rotatable bonds is 8. The average Bonchev–Trinajstić information content (AvgIpc) is 3.18. The van der Waals surface area contributed by atoms with Crippen LogP contribution in [-0.4, -0.2) is 24.5 Å². The zero-order valence-electron chi connectivity index (χ0n) is 18.8. The van der Waals surface area contributed by atoms with E-state index in [9.17, 15) is 9.59 Å². The number of hydrogen-bond acceptors (Lipinski definition) is 4. The van der Waals surface area contributed by atoms with Gasteiger partial charge in [0.2, 0.25) is 5.91 Å². The van der Waals surface area contributed by atoms with Crippen molar-refractivity contribution in [3.05, 3.63) is 89.5 Å². The van der Waals surface area contributed by atoms with Crippen LogP contribution in [0.5, 0.6) is 11.5 Å². The summed E-state index contributed by atoms with van der Waals surface area (Å²) >= 11 is 0. The molecule has 2 amide bonds. The van der Waals surface area contributed by atoms with E-state index in [0.29, 0.717) is 23.6 Å². The Morgan fingerprint density at radius 3 is 2.45 bits per heavy atom. The molecule has 6 nitrogen and oxygen atoms in total. The van der Waals surface area contributed by atoms with Gasteiger partial charge in [0.05, 0.1) is 24.8 Å². The number of carbonyl (C=O) groups is 2. The normalized spacial score (nSPS) is 15.2. The van der Waals surface area contributed by atoms with E-state index in [0.717, 1.165) is 23.3 Å². The van der Waals surface area contributed by atoms with Gasteiger partial charge < -0.3 is 20.1 Å². The average molecular weight is 445 g/mol. The van der Waals surface area contributed by atoms with Crippen molar-refractivity contribution in [3.8, 4) is 11.5 Å². The van der Waals surface area contributed by atoms with Crippen LogP contribution in [0.25, 0.3) is 0 Å². The van der Waals surface area contributed by atoms with Crippen LogP contribution in [0.1, 0.15) is 47.8 Å². The van der Waals surface area contributed by atoms with Crippen LogP contribution in [0.4, 0.5) is 5.69 Å². The molecule has 0 saturated carbocycles. The molecule has 0 spiro atoms. The van der Waals surface area contributed by atoms with Gasteiger partial charge in [0.15, 0.2) is 0 Å². The Morgan fingerprint density at radius 1 is 1.06 bits per heavy atom. The fourth-order valence-corrected chi connectivity index (χ4v) is 3.97. The summed E-state index contributed by atoms with van der Waals surface area (Å²) in [5, 5.41) is 5.96. The van der Waals surface area contributed by atoms with Gasteiger partial charge in [-0.3, -0.25) is 9.59 Å². The minimum absolute atomic E-state index is 0.0719. The van der Waals surface area contributed by atoms with E-state index in [1.54, 1.807) is 12.1 Å². The van der Waals surface area contributed by atoms with Crippen molar-refractivity contribution in [2.24, 2.45) is 0 Å². The van der Waals surface area contributed by atoms with E-state index in [4.69, 9.17) is 9.47 Å². The van der Waals surface area contributed by atoms with Gasteiger partial charge in [0, 0.05) is 23.6 Å². The van der Waals surface area contributed by atoms with Crippen LogP contribution in [0, 0.1) is 0 Å². The van der Waals surface area contributed by atoms with E-state index >= 15 is 0 Å².